The maximum Gasteiger partial charge on any atom is 0.303 e. The third-order valence-corrected chi connectivity index (χ3v) is 4.26. The van der Waals surface area contributed by atoms with Gasteiger partial charge in [0, 0.05) is 13.0 Å². The zero-order chi connectivity index (χ0) is 13.7. The van der Waals surface area contributed by atoms with E-state index >= 15 is 0 Å². The summed E-state index contributed by atoms with van der Waals surface area (Å²) in [7, 11) is 0. The molecule has 1 aromatic carbocycles. The minimum Gasteiger partial charge on any atom is -0.481 e. The summed E-state index contributed by atoms with van der Waals surface area (Å²) in [4.78, 5) is 10.7. The lowest BCUT2D eigenvalue weighted by atomic mass is 9.87. The van der Waals surface area contributed by atoms with Gasteiger partial charge in [0.15, 0.2) is 0 Å². The summed E-state index contributed by atoms with van der Waals surface area (Å²) in [6.07, 6.45) is 5.26. The predicted octanol–water partition coefficient (Wildman–Crippen LogP) is 2.65. The predicted molar refractivity (Wildman–Crippen MR) is 74.0 cm³/mol. The summed E-state index contributed by atoms with van der Waals surface area (Å²) in [6, 6.07) is 8.12. The molecule has 2 atom stereocenters. The normalized spacial score (nSPS) is 22.6. The molecule has 1 aliphatic rings. The molecular weight excluding hydrogens is 240 g/mol. The van der Waals surface area contributed by atoms with E-state index < -0.39 is 5.97 Å². The molecule has 0 aromatic heterocycles. The van der Waals surface area contributed by atoms with Crippen molar-refractivity contribution in [1.29, 1.82) is 0 Å². The number of aliphatic carboxylic acids is 1. The van der Waals surface area contributed by atoms with Gasteiger partial charge in [0.2, 0.25) is 0 Å². The fourth-order valence-corrected chi connectivity index (χ4v) is 3.15. The van der Waals surface area contributed by atoms with Crippen molar-refractivity contribution in [3.63, 3.8) is 0 Å². The second kappa shape index (κ2) is 6.71. The smallest absolute Gasteiger partial charge is 0.303 e. The van der Waals surface area contributed by atoms with E-state index in [9.17, 15) is 9.90 Å². The van der Waals surface area contributed by atoms with Gasteiger partial charge in [-0.05, 0) is 48.6 Å². The van der Waals surface area contributed by atoms with Gasteiger partial charge in [0.1, 0.15) is 0 Å². The second-order valence-corrected chi connectivity index (χ2v) is 5.50. The number of hydrogen-bond donors (Lipinski definition) is 2. The number of aryl methyl sites for hydroxylation is 1. The minimum absolute atomic E-state index is 0.186. The zero-order valence-corrected chi connectivity index (χ0v) is 11.2. The van der Waals surface area contributed by atoms with E-state index in [0.29, 0.717) is 18.3 Å². The Morgan fingerprint density at radius 2 is 1.84 bits per heavy atom. The molecule has 3 heteroatoms. The molecule has 0 bridgehead atoms. The molecule has 0 heterocycles. The molecule has 104 valence electrons. The maximum atomic E-state index is 10.7. The number of benzene rings is 1. The third-order valence-electron chi connectivity index (χ3n) is 4.26. The largest absolute Gasteiger partial charge is 0.481 e. The Hall–Kier alpha value is -1.35. The number of carboxylic acids is 1. The topological polar surface area (TPSA) is 57.5 Å². The van der Waals surface area contributed by atoms with Crippen molar-refractivity contribution in [1.82, 2.24) is 0 Å². The molecule has 1 aromatic rings. The van der Waals surface area contributed by atoms with Crippen molar-refractivity contribution in [3.8, 4) is 0 Å². The molecule has 19 heavy (non-hydrogen) atoms. The SMILES string of the molecule is O=C(O)CCc1ccccc1C[C@@H]1CCC[C@H]1CO. The van der Waals surface area contributed by atoms with Gasteiger partial charge in [-0.2, -0.15) is 0 Å². The van der Waals surface area contributed by atoms with Gasteiger partial charge in [0.25, 0.3) is 0 Å². The molecule has 0 saturated heterocycles. The Labute approximate surface area is 114 Å². The summed E-state index contributed by atoms with van der Waals surface area (Å²) in [5, 5.41) is 18.2. The Balaban J connectivity index is 2.04. The van der Waals surface area contributed by atoms with Gasteiger partial charge in [-0.15, -0.1) is 0 Å². The van der Waals surface area contributed by atoms with Crippen LogP contribution in [0.25, 0.3) is 0 Å². The van der Waals surface area contributed by atoms with Crippen molar-refractivity contribution in [2.45, 2.75) is 38.5 Å². The lowest BCUT2D eigenvalue weighted by molar-refractivity contribution is -0.136. The molecular formula is C16H22O3. The van der Waals surface area contributed by atoms with E-state index in [2.05, 4.69) is 6.07 Å². The number of hydrogen-bond acceptors (Lipinski definition) is 2. The standard InChI is InChI=1S/C16H22O3/c17-11-15-7-3-6-14(15)10-13-5-2-1-4-12(13)8-9-16(18)19/h1-2,4-5,14-15,17H,3,6-11H2,(H,18,19)/t14-,15-/m0/s1. The van der Waals surface area contributed by atoms with Crippen molar-refractivity contribution < 1.29 is 15.0 Å². The first-order valence-corrected chi connectivity index (χ1v) is 7.10. The summed E-state index contributed by atoms with van der Waals surface area (Å²) in [5.74, 6) is 0.229. The van der Waals surface area contributed by atoms with Crippen LogP contribution in [0.1, 0.15) is 36.8 Å². The highest BCUT2D eigenvalue weighted by atomic mass is 16.4. The molecule has 3 nitrogen and oxygen atoms in total. The lowest BCUT2D eigenvalue weighted by Gasteiger charge is -2.19. The Bertz CT molecular complexity index is 428. The molecule has 0 radical (unpaired) electrons. The van der Waals surface area contributed by atoms with E-state index in [0.717, 1.165) is 18.4 Å². The fourth-order valence-electron chi connectivity index (χ4n) is 3.15. The first kappa shape index (κ1) is 14.1. The second-order valence-electron chi connectivity index (χ2n) is 5.50. The van der Waals surface area contributed by atoms with Crippen LogP contribution in [0.3, 0.4) is 0 Å². The summed E-state index contributed by atoms with van der Waals surface area (Å²) < 4.78 is 0. The van der Waals surface area contributed by atoms with E-state index in [4.69, 9.17) is 5.11 Å². The molecule has 2 rings (SSSR count). The van der Waals surface area contributed by atoms with Crippen LogP contribution in [0, 0.1) is 11.8 Å². The average Bonchev–Trinajstić information content (AvgIpc) is 2.85. The number of aliphatic hydroxyl groups excluding tert-OH is 1. The van der Waals surface area contributed by atoms with Gasteiger partial charge >= 0.3 is 5.97 Å². The molecule has 0 aliphatic heterocycles. The molecule has 1 fully saturated rings. The Morgan fingerprint density at radius 3 is 2.53 bits per heavy atom. The number of carbonyl (C=O) groups is 1. The minimum atomic E-state index is -0.746. The van der Waals surface area contributed by atoms with Crippen LogP contribution in [-0.4, -0.2) is 22.8 Å². The van der Waals surface area contributed by atoms with Crippen LogP contribution < -0.4 is 0 Å². The van der Waals surface area contributed by atoms with Gasteiger partial charge in [-0.25, -0.2) is 0 Å². The van der Waals surface area contributed by atoms with Crippen LogP contribution in [0.15, 0.2) is 24.3 Å². The molecule has 2 N–H and O–H groups in total. The highest BCUT2D eigenvalue weighted by Gasteiger charge is 2.27. The van der Waals surface area contributed by atoms with Gasteiger partial charge < -0.3 is 10.2 Å². The van der Waals surface area contributed by atoms with E-state index in [-0.39, 0.29) is 13.0 Å². The van der Waals surface area contributed by atoms with Gasteiger partial charge in [-0.1, -0.05) is 30.7 Å². The lowest BCUT2D eigenvalue weighted by Crippen LogP contribution is -2.15. The number of carboxylic acid groups (broad SMARTS) is 1. The van der Waals surface area contributed by atoms with E-state index in [1.165, 1.54) is 18.4 Å². The van der Waals surface area contributed by atoms with Crippen molar-refractivity contribution in [2.75, 3.05) is 6.61 Å². The monoisotopic (exact) mass is 262 g/mol. The van der Waals surface area contributed by atoms with Gasteiger partial charge in [0.05, 0.1) is 0 Å². The van der Waals surface area contributed by atoms with Crippen LogP contribution in [0.2, 0.25) is 0 Å². The first-order chi connectivity index (χ1) is 9.20. The van der Waals surface area contributed by atoms with E-state index in [1.807, 2.05) is 18.2 Å². The molecule has 1 saturated carbocycles. The highest BCUT2D eigenvalue weighted by Crippen LogP contribution is 2.34. The van der Waals surface area contributed by atoms with Crippen LogP contribution in [0.4, 0.5) is 0 Å². The van der Waals surface area contributed by atoms with E-state index in [1.54, 1.807) is 0 Å². The van der Waals surface area contributed by atoms with Crippen LogP contribution in [-0.2, 0) is 17.6 Å². The highest BCUT2D eigenvalue weighted by molar-refractivity contribution is 5.67. The number of rotatable bonds is 6. The van der Waals surface area contributed by atoms with Crippen molar-refractivity contribution in [3.05, 3.63) is 35.4 Å². The Kier molecular flexibility index (Phi) is 4.97. The molecule has 1 aliphatic carbocycles. The fraction of sp³-hybridized carbons (Fsp3) is 0.562. The quantitative estimate of drug-likeness (QED) is 0.828. The maximum absolute atomic E-state index is 10.7. The molecule has 0 spiro atoms. The average molecular weight is 262 g/mol. The first-order valence-electron chi connectivity index (χ1n) is 7.10. The van der Waals surface area contributed by atoms with Crippen molar-refractivity contribution >= 4 is 5.97 Å². The molecule has 0 unspecified atom stereocenters. The van der Waals surface area contributed by atoms with Crippen LogP contribution >= 0.6 is 0 Å². The summed E-state index contributed by atoms with van der Waals surface area (Å²) >= 11 is 0. The van der Waals surface area contributed by atoms with Crippen LogP contribution in [0.5, 0.6) is 0 Å². The molecule has 0 amide bonds. The summed E-state index contributed by atoms with van der Waals surface area (Å²) in [5.41, 5.74) is 2.41. The summed E-state index contributed by atoms with van der Waals surface area (Å²) in [6.45, 7) is 0.280. The zero-order valence-electron chi connectivity index (χ0n) is 11.2. The van der Waals surface area contributed by atoms with Gasteiger partial charge in [-0.3, -0.25) is 4.79 Å². The third kappa shape index (κ3) is 3.80. The number of aliphatic hydroxyl groups is 1. The van der Waals surface area contributed by atoms with Crippen molar-refractivity contribution in [2.24, 2.45) is 11.8 Å². The Morgan fingerprint density at radius 1 is 1.16 bits per heavy atom.